The molecule has 66 heavy (non-hydrogen) atoms. The molecule has 4 saturated heterocycles. The van der Waals surface area contributed by atoms with Gasteiger partial charge < -0.3 is 104 Å². The average molecular weight is 954 g/mol. The second kappa shape index (κ2) is 18.9. The molecular formula is C44H70O22. The third-order valence-electron chi connectivity index (χ3n) is 16.9. The van der Waals surface area contributed by atoms with Crippen LogP contribution in [0.5, 0.6) is 0 Å². The van der Waals surface area contributed by atoms with Crippen molar-refractivity contribution in [3.8, 4) is 0 Å². The Hall–Kier alpha value is -1.59. The maximum atomic E-state index is 14.3. The zero-order valence-electron chi connectivity index (χ0n) is 39.2. The Morgan fingerprint density at radius 2 is 1.17 bits per heavy atom. The van der Waals surface area contributed by atoms with Crippen LogP contribution in [0, 0.1) is 28.1 Å². The average Bonchev–Trinajstić information content (AvgIpc) is 3.54. The maximum absolute atomic E-state index is 14.3. The molecule has 8 rings (SSSR count). The van der Waals surface area contributed by atoms with E-state index in [1.165, 1.54) is 6.92 Å². The van der Waals surface area contributed by atoms with E-state index in [2.05, 4.69) is 6.92 Å². The lowest BCUT2D eigenvalue weighted by atomic mass is 9.41. The van der Waals surface area contributed by atoms with Gasteiger partial charge in [-0.1, -0.05) is 19.9 Å². The number of hydrogen-bond donors (Lipinski definition) is 13. The largest absolute Gasteiger partial charge is 0.432 e. The van der Waals surface area contributed by atoms with Crippen LogP contribution in [0.1, 0.15) is 81.3 Å². The van der Waals surface area contributed by atoms with Crippen LogP contribution in [-0.4, -0.2) is 221 Å². The van der Waals surface area contributed by atoms with Crippen molar-refractivity contribution < 1.29 is 112 Å². The highest BCUT2D eigenvalue weighted by Gasteiger charge is 2.70. The Balaban J connectivity index is 1.09. The summed E-state index contributed by atoms with van der Waals surface area (Å²) in [5.41, 5.74) is -3.32. The van der Waals surface area contributed by atoms with Gasteiger partial charge in [-0.3, -0.25) is 4.79 Å². The van der Waals surface area contributed by atoms with Crippen molar-refractivity contribution in [1.82, 2.24) is 0 Å². The summed E-state index contributed by atoms with van der Waals surface area (Å²) in [6.07, 6.45) is -29.8. The van der Waals surface area contributed by atoms with Crippen molar-refractivity contribution >= 4 is 5.97 Å². The summed E-state index contributed by atoms with van der Waals surface area (Å²) in [7, 11) is 0. The predicted octanol–water partition coefficient (Wildman–Crippen LogP) is -4.09. The first-order valence-corrected chi connectivity index (χ1v) is 23.1. The molecule has 13 N–H and O–H groups in total. The standard InChI is InChI=1S/C44H70O22/c1-17-12-43-10-6-22-41(3,8-5-9-42(22,4)40(58)65-38-33(57)30(54)26(50)20(14-46)61-38)23(43)7-11-44(17,16-43)66-39-35(64-36-31(55)28(52)24(48)18(2)59-36)34(27(51)21(15-47)62-39)63-37-32(56)29(53)25(49)19(13-45)60-37/h18-39,45-57H,1,5-16H2,2-4H3/t18-,19?,20?,21?,22-,23-,24+,25+,26+,27+,28+,29?,30?,31?,32?,33?,34?,35?,36-,37-,38-,39-,41+,42+,43+,44-/m0/s1/i1+1D2. The van der Waals surface area contributed by atoms with E-state index in [-0.39, 0.29) is 31.1 Å². The van der Waals surface area contributed by atoms with E-state index < -0.39 is 177 Å². The van der Waals surface area contributed by atoms with Gasteiger partial charge in [0.05, 0.1) is 39.7 Å². The van der Waals surface area contributed by atoms with Crippen LogP contribution >= 0.6 is 0 Å². The quantitative estimate of drug-likeness (QED) is 0.0405. The van der Waals surface area contributed by atoms with Crippen molar-refractivity contribution in [1.29, 1.82) is 0 Å². The van der Waals surface area contributed by atoms with E-state index in [9.17, 15) is 71.2 Å². The molecule has 0 aromatic heterocycles. The van der Waals surface area contributed by atoms with Gasteiger partial charge in [0, 0.05) is 0 Å². The van der Waals surface area contributed by atoms with Crippen LogP contribution in [0.4, 0.5) is 0 Å². The number of hydrogen-bond acceptors (Lipinski definition) is 22. The second-order valence-corrected chi connectivity index (χ2v) is 20.7. The van der Waals surface area contributed by atoms with Crippen molar-refractivity contribution in [3.63, 3.8) is 0 Å². The molecule has 0 radical (unpaired) electrons. The number of carbonyl (C=O) groups excluding carboxylic acids is 1. The van der Waals surface area contributed by atoms with E-state index in [1.54, 1.807) is 0 Å². The zero-order chi connectivity index (χ0) is 49.6. The van der Waals surface area contributed by atoms with Crippen molar-refractivity contribution in [2.75, 3.05) is 19.8 Å². The smallest absolute Gasteiger partial charge is 0.314 e. The first-order valence-electron chi connectivity index (χ1n) is 24.1. The van der Waals surface area contributed by atoms with E-state index in [0.717, 1.165) is 0 Å². The minimum Gasteiger partial charge on any atom is -0.432 e. The molecule has 10 unspecified atom stereocenters. The van der Waals surface area contributed by atoms with Gasteiger partial charge in [0.15, 0.2) is 18.9 Å². The zero-order valence-corrected chi connectivity index (χ0v) is 37.2. The highest BCUT2D eigenvalue weighted by Crippen LogP contribution is 2.73. The van der Waals surface area contributed by atoms with Gasteiger partial charge in [-0.15, -0.1) is 0 Å². The second-order valence-electron chi connectivity index (χ2n) is 20.7. The monoisotopic (exact) mass is 953 g/mol. The van der Waals surface area contributed by atoms with Gasteiger partial charge in [-0.2, -0.15) is 0 Å². The third-order valence-corrected chi connectivity index (χ3v) is 16.9. The molecule has 26 atom stereocenters. The summed E-state index contributed by atoms with van der Waals surface area (Å²) in [5, 5.41) is 138. The van der Waals surface area contributed by atoms with Crippen molar-refractivity contribution in [3.05, 3.63) is 12.1 Å². The molecule has 0 aromatic rings. The summed E-state index contributed by atoms with van der Waals surface area (Å²) in [6.45, 7) is 2.46. The Morgan fingerprint density at radius 1 is 0.636 bits per heavy atom. The number of fused-ring (bicyclic) bond motifs is 3. The third kappa shape index (κ3) is 8.30. The number of ether oxygens (including phenoxy) is 8. The Bertz CT molecular complexity index is 1830. The normalized spacial score (nSPS) is 55.5. The molecule has 2 bridgehead atoms. The van der Waals surface area contributed by atoms with Crippen LogP contribution in [0.25, 0.3) is 0 Å². The first-order chi connectivity index (χ1) is 32.0. The summed E-state index contributed by atoms with van der Waals surface area (Å²) in [5.74, 6) is -1.04. The molecule has 22 heteroatoms. The van der Waals surface area contributed by atoms with Gasteiger partial charge in [-0.05, 0) is 93.5 Å². The van der Waals surface area contributed by atoms with E-state index in [1.807, 2.05) is 6.92 Å². The van der Waals surface area contributed by atoms with Gasteiger partial charge in [0.2, 0.25) is 6.29 Å². The lowest BCUT2D eigenvalue weighted by molar-refractivity contribution is -0.398. The van der Waals surface area contributed by atoms with E-state index in [4.69, 9.17) is 40.6 Å². The summed E-state index contributed by atoms with van der Waals surface area (Å²) >= 11 is 0. The first kappa shape index (κ1) is 48.1. The molecule has 0 amide bonds. The van der Waals surface area contributed by atoms with Crippen LogP contribution < -0.4 is 0 Å². The van der Waals surface area contributed by atoms with Crippen molar-refractivity contribution in [2.24, 2.45) is 28.1 Å². The molecule has 4 saturated carbocycles. The Labute approximate surface area is 384 Å². The molecule has 8 aliphatic rings. The fourth-order valence-corrected chi connectivity index (χ4v) is 13.3. The lowest BCUT2D eigenvalue weighted by Crippen LogP contribution is -2.67. The summed E-state index contributed by atoms with van der Waals surface area (Å²) < 4.78 is 65.9. The van der Waals surface area contributed by atoms with Crippen LogP contribution in [-0.2, 0) is 42.7 Å². The number of rotatable bonds is 11. The molecule has 1 spiro atoms. The maximum Gasteiger partial charge on any atom is 0.314 e. The fraction of sp³-hybridized carbons (Fsp3) is 0.932. The lowest BCUT2D eigenvalue weighted by Gasteiger charge is -2.64. The fourth-order valence-electron chi connectivity index (χ4n) is 13.3. The Morgan fingerprint density at radius 3 is 1.79 bits per heavy atom. The van der Waals surface area contributed by atoms with Crippen LogP contribution in [0.2, 0.25) is 0 Å². The molecule has 378 valence electrons. The highest BCUT2D eigenvalue weighted by atomic mass is 16.8. The molecule has 4 aliphatic heterocycles. The molecule has 4 heterocycles. The number of carbonyl (C=O) groups is 1. The number of aliphatic hydroxyl groups is 13. The molecule has 4 aliphatic carbocycles. The van der Waals surface area contributed by atoms with Gasteiger partial charge in [0.1, 0.15) is 91.6 Å². The highest BCUT2D eigenvalue weighted by molar-refractivity contribution is 5.77. The predicted molar refractivity (Wildman–Crippen MR) is 218 cm³/mol. The minimum atomic E-state index is -1.97. The van der Waals surface area contributed by atoms with Gasteiger partial charge in [0.25, 0.3) is 0 Å². The summed E-state index contributed by atoms with van der Waals surface area (Å²) in [4.78, 5) is 14.3. The number of aliphatic hydroxyl groups excluding tert-OH is 13. The Kier molecular flexibility index (Phi) is 13.7. The number of esters is 1. The van der Waals surface area contributed by atoms with Gasteiger partial charge >= 0.3 is 5.97 Å². The molecule has 8 fully saturated rings. The topological polar surface area (TPSA) is 354 Å². The molecular weight excluding hydrogens is 881 g/mol. The van der Waals surface area contributed by atoms with E-state index >= 15 is 0 Å². The molecule has 0 aromatic carbocycles. The van der Waals surface area contributed by atoms with Crippen LogP contribution in [0.3, 0.4) is 0 Å². The minimum absolute atomic E-state index is 0.101. The SMILES string of the molecule is [2H][13C]([2H])=C1C[C@@]23CC[C@H]4[C@@](C)(CCC[C@@]4(C)C(=O)O[C@@H]4OC(CO)[C@@H](O)C(O)C4O)[C@@H]2CC[C@]1(O[C@@H]1OC(CO)[C@@H](O)C(O[C@@H]2OC(CO)[C@@H](O)C(O)C2O)C1O[C@@H]1O[C@@H](C)[C@@H](O)[C@@H](O)C1O)C3. The summed E-state index contributed by atoms with van der Waals surface area (Å²) in [6, 6.07) is 0. The van der Waals surface area contributed by atoms with Crippen molar-refractivity contribution in [2.45, 2.75) is 207 Å². The van der Waals surface area contributed by atoms with Gasteiger partial charge in [-0.25, -0.2) is 0 Å². The van der Waals surface area contributed by atoms with Crippen LogP contribution in [0.15, 0.2) is 12.1 Å². The van der Waals surface area contributed by atoms with E-state index in [0.29, 0.717) is 44.1 Å². The molecule has 22 nitrogen and oxygen atoms in total.